The molecule has 1 aromatic rings. The van der Waals surface area contributed by atoms with Crippen LogP contribution in [0.5, 0.6) is 0 Å². The topological polar surface area (TPSA) is 57.5 Å². The molecule has 12 heavy (non-hydrogen) atoms. The smallest absolute Gasteiger partial charge is 0.224 e. The van der Waals surface area contributed by atoms with Crippen LogP contribution in [0.3, 0.4) is 0 Å². The molecule has 1 rings (SSSR count). The highest BCUT2D eigenvalue weighted by Gasteiger charge is 2.21. The van der Waals surface area contributed by atoms with Crippen molar-refractivity contribution in [1.82, 2.24) is 0 Å². The number of aldehydes is 1. The second kappa shape index (κ2) is 3.47. The van der Waals surface area contributed by atoms with E-state index in [0.29, 0.717) is 0 Å². The Kier molecular flexibility index (Phi) is 2.58. The number of benzene rings is 1. The molecule has 0 fully saturated rings. The average Bonchev–Trinajstić information content (AvgIpc) is 2.06. The monoisotopic (exact) mass is 166 g/mol. The standard InChI is InChI=1S/C9H10O3/c10-7-9(11,12)6-8-4-2-1-3-5-8/h1-5,7,11-12H,6H2. The number of hydrogen-bond donors (Lipinski definition) is 2. The van der Waals surface area contributed by atoms with E-state index in [1.165, 1.54) is 0 Å². The van der Waals surface area contributed by atoms with Gasteiger partial charge >= 0.3 is 0 Å². The highest BCUT2D eigenvalue weighted by atomic mass is 16.5. The van der Waals surface area contributed by atoms with E-state index in [-0.39, 0.29) is 12.7 Å². The lowest BCUT2D eigenvalue weighted by atomic mass is 10.1. The molecule has 0 unspecified atom stereocenters. The number of aliphatic hydroxyl groups is 2. The fourth-order valence-corrected chi connectivity index (χ4v) is 0.938. The first-order valence-electron chi connectivity index (χ1n) is 3.59. The van der Waals surface area contributed by atoms with E-state index >= 15 is 0 Å². The summed E-state index contributed by atoms with van der Waals surface area (Å²) >= 11 is 0. The van der Waals surface area contributed by atoms with Crippen LogP contribution < -0.4 is 0 Å². The highest BCUT2D eigenvalue weighted by molar-refractivity contribution is 5.59. The van der Waals surface area contributed by atoms with Crippen LogP contribution in [0.1, 0.15) is 5.56 Å². The van der Waals surface area contributed by atoms with Gasteiger partial charge in [0.15, 0.2) is 6.29 Å². The first-order valence-corrected chi connectivity index (χ1v) is 3.59. The summed E-state index contributed by atoms with van der Waals surface area (Å²) in [6, 6.07) is 8.82. The Morgan fingerprint density at radius 1 is 1.25 bits per heavy atom. The van der Waals surface area contributed by atoms with E-state index in [1.54, 1.807) is 24.3 Å². The molecule has 1 aromatic carbocycles. The van der Waals surface area contributed by atoms with Gasteiger partial charge in [0.05, 0.1) is 0 Å². The molecule has 0 aliphatic heterocycles. The summed E-state index contributed by atoms with van der Waals surface area (Å²) in [6.07, 6.45) is 0.0529. The molecule has 0 saturated heterocycles. The van der Waals surface area contributed by atoms with Gasteiger partial charge in [-0.05, 0) is 5.56 Å². The molecule has 2 N–H and O–H groups in total. The van der Waals surface area contributed by atoms with Gasteiger partial charge in [-0.1, -0.05) is 30.3 Å². The van der Waals surface area contributed by atoms with E-state index in [0.717, 1.165) is 5.56 Å². The molecule has 0 heterocycles. The Labute approximate surface area is 70.3 Å². The summed E-state index contributed by atoms with van der Waals surface area (Å²) in [6.45, 7) is 0. The zero-order chi connectivity index (χ0) is 9.03. The zero-order valence-corrected chi connectivity index (χ0v) is 6.47. The third kappa shape index (κ3) is 2.45. The van der Waals surface area contributed by atoms with Crippen LogP contribution in [0, 0.1) is 0 Å². The molecule has 0 saturated carbocycles. The molecule has 0 aromatic heterocycles. The molecule has 0 bridgehead atoms. The van der Waals surface area contributed by atoms with Gasteiger partial charge in [-0.3, -0.25) is 4.79 Å². The third-order valence-corrected chi connectivity index (χ3v) is 1.50. The van der Waals surface area contributed by atoms with E-state index in [1.807, 2.05) is 6.07 Å². The van der Waals surface area contributed by atoms with Gasteiger partial charge < -0.3 is 10.2 Å². The lowest BCUT2D eigenvalue weighted by Crippen LogP contribution is -2.32. The van der Waals surface area contributed by atoms with E-state index in [2.05, 4.69) is 0 Å². The third-order valence-electron chi connectivity index (χ3n) is 1.50. The Bertz CT molecular complexity index is 254. The first-order chi connectivity index (χ1) is 5.64. The van der Waals surface area contributed by atoms with Crippen LogP contribution in [-0.4, -0.2) is 22.3 Å². The normalized spacial score (nSPS) is 11.2. The first kappa shape index (κ1) is 8.90. The van der Waals surface area contributed by atoms with Crippen LogP contribution in [0.15, 0.2) is 30.3 Å². The molecule has 0 radical (unpaired) electrons. The molecule has 0 aliphatic rings. The van der Waals surface area contributed by atoms with Gasteiger partial charge in [-0.15, -0.1) is 0 Å². The number of carbonyl (C=O) groups excluding carboxylic acids is 1. The van der Waals surface area contributed by atoms with Gasteiger partial charge in [-0.2, -0.15) is 0 Å². The van der Waals surface area contributed by atoms with Crippen molar-refractivity contribution in [2.24, 2.45) is 0 Å². The molecule has 0 amide bonds. The summed E-state index contributed by atoms with van der Waals surface area (Å²) in [5.41, 5.74) is 0.717. The minimum atomic E-state index is -2.23. The Hall–Kier alpha value is -1.19. The van der Waals surface area contributed by atoms with Crippen LogP contribution in [0.25, 0.3) is 0 Å². The number of carbonyl (C=O) groups is 1. The van der Waals surface area contributed by atoms with E-state index < -0.39 is 5.79 Å². The van der Waals surface area contributed by atoms with Crippen LogP contribution in [-0.2, 0) is 11.2 Å². The van der Waals surface area contributed by atoms with Crippen molar-refractivity contribution in [2.45, 2.75) is 12.2 Å². The summed E-state index contributed by atoms with van der Waals surface area (Å²) in [7, 11) is 0. The SMILES string of the molecule is O=CC(O)(O)Cc1ccccc1. The maximum Gasteiger partial charge on any atom is 0.224 e. The van der Waals surface area contributed by atoms with Crippen molar-refractivity contribution in [1.29, 1.82) is 0 Å². The molecule has 0 atom stereocenters. The Morgan fingerprint density at radius 2 is 1.83 bits per heavy atom. The second-order valence-electron chi connectivity index (χ2n) is 2.66. The Morgan fingerprint density at radius 3 is 2.33 bits per heavy atom. The van der Waals surface area contributed by atoms with Crippen molar-refractivity contribution in [3.05, 3.63) is 35.9 Å². The largest absolute Gasteiger partial charge is 0.360 e. The lowest BCUT2D eigenvalue weighted by molar-refractivity contribution is -0.168. The van der Waals surface area contributed by atoms with Crippen molar-refractivity contribution in [3.8, 4) is 0 Å². The summed E-state index contributed by atoms with van der Waals surface area (Å²) in [5.74, 6) is -2.23. The minimum absolute atomic E-state index is 0.0721. The molecule has 0 aliphatic carbocycles. The molecule has 3 nitrogen and oxygen atoms in total. The Balaban J connectivity index is 2.70. The molecule has 64 valence electrons. The van der Waals surface area contributed by atoms with Gasteiger partial charge in [0.25, 0.3) is 0 Å². The molecule has 3 heteroatoms. The van der Waals surface area contributed by atoms with Crippen LogP contribution >= 0.6 is 0 Å². The average molecular weight is 166 g/mol. The van der Waals surface area contributed by atoms with Crippen molar-refractivity contribution < 1.29 is 15.0 Å². The lowest BCUT2D eigenvalue weighted by Gasteiger charge is -2.13. The minimum Gasteiger partial charge on any atom is -0.360 e. The van der Waals surface area contributed by atoms with Gasteiger partial charge in [0.1, 0.15) is 0 Å². The predicted octanol–water partition coefficient (Wildman–Crippen LogP) is 0.109. The predicted molar refractivity (Wildman–Crippen MR) is 43.4 cm³/mol. The fourth-order valence-electron chi connectivity index (χ4n) is 0.938. The number of rotatable bonds is 3. The molecular weight excluding hydrogens is 156 g/mol. The van der Waals surface area contributed by atoms with Crippen molar-refractivity contribution >= 4 is 6.29 Å². The summed E-state index contributed by atoms with van der Waals surface area (Å²) in [4.78, 5) is 10.1. The molecular formula is C9H10O3. The van der Waals surface area contributed by atoms with Gasteiger partial charge in [-0.25, -0.2) is 0 Å². The highest BCUT2D eigenvalue weighted by Crippen LogP contribution is 2.07. The quantitative estimate of drug-likeness (QED) is 0.495. The summed E-state index contributed by atoms with van der Waals surface area (Å²) < 4.78 is 0. The maximum atomic E-state index is 10.1. The molecule has 0 spiro atoms. The van der Waals surface area contributed by atoms with Crippen molar-refractivity contribution in [2.75, 3.05) is 0 Å². The van der Waals surface area contributed by atoms with Crippen LogP contribution in [0.2, 0.25) is 0 Å². The summed E-state index contributed by atoms with van der Waals surface area (Å²) in [5, 5.41) is 17.9. The maximum absolute atomic E-state index is 10.1. The fraction of sp³-hybridized carbons (Fsp3) is 0.222. The van der Waals surface area contributed by atoms with Gasteiger partial charge in [0, 0.05) is 6.42 Å². The van der Waals surface area contributed by atoms with Gasteiger partial charge in [0.2, 0.25) is 5.79 Å². The van der Waals surface area contributed by atoms with Crippen LogP contribution in [0.4, 0.5) is 0 Å². The second-order valence-corrected chi connectivity index (χ2v) is 2.66. The number of hydrogen-bond acceptors (Lipinski definition) is 3. The zero-order valence-electron chi connectivity index (χ0n) is 6.47. The van der Waals surface area contributed by atoms with Crippen molar-refractivity contribution in [3.63, 3.8) is 0 Å². The van der Waals surface area contributed by atoms with E-state index in [4.69, 9.17) is 10.2 Å². The van der Waals surface area contributed by atoms with E-state index in [9.17, 15) is 4.79 Å².